The zero-order valence-electron chi connectivity index (χ0n) is 7.90. The molecule has 0 saturated carbocycles. The maximum absolute atomic E-state index is 4.52. The lowest BCUT2D eigenvalue weighted by Crippen LogP contribution is -2.10. The van der Waals surface area contributed by atoms with Gasteiger partial charge in [-0.3, -0.25) is 0 Å². The minimum atomic E-state index is 0.778. The van der Waals surface area contributed by atoms with Crippen LogP contribution in [0, 0.1) is 6.92 Å². The van der Waals surface area contributed by atoms with Gasteiger partial charge in [-0.25, -0.2) is 4.98 Å². The highest BCUT2D eigenvalue weighted by molar-refractivity contribution is 7.78. The Morgan fingerprint density at radius 2 is 2.15 bits per heavy atom. The van der Waals surface area contributed by atoms with E-state index >= 15 is 0 Å². The summed E-state index contributed by atoms with van der Waals surface area (Å²) in [4.78, 5) is 10.2. The lowest BCUT2D eigenvalue weighted by Gasteiger charge is -2.11. The summed E-state index contributed by atoms with van der Waals surface area (Å²) >= 11 is 4.52. The fourth-order valence-electron chi connectivity index (χ4n) is 0.957. The molecule has 0 radical (unpaired) electrons. The Hall–Kier alpha value is -1.25. The minimum absolute atomic E-state index is 0.778. The summed E-state index contributed by atoms with van der Waals surface area (Å²) < 4.78 is 0. The van der Waals surface area contributed by atoms with E-state index in [0.717, 1.165) is 17.2 Å². The van der Waals surface area contributed by atoms with E-state index in [1.807, 2.05) is 38.1 Å². The zero-order valence-corrected chi connectivity index (χ0v) is 8.72. The van der Waals surface area contributed by atoms with Gasteiger partial charge in [0.05, 0.1) is 16.5 Å². The molecule has 4 heteroatoms. The quantitative estimate of drug-likeness (QED) is 0.532. The minimum Gasteiger partial charge on any atom is -0.363 e. The van der Waals surface area contributed by atoms with E-state index in [1.54, 1.807) is 0 Å². The largest absolute Gasteiger partial charge is 0.363 e. The van der Waals surface area contributed by atoms with Gasteiger partial charge in [-0.05, 0) is 31.3 Å². The van der Waals surface area contributed by atoms with Crippen molar-refractivity contribution in [1.82, 2.24) is 4.98 Å². The smallest absolute Gasteiger partial charge is 0.128 e. The molecule has 0 atom stereocenters. The van der Waals surface area contributed by atoms with Crippen LogP contribution in [0.3, 0.4) is 0 Å². The molecule has 0 amide bonds. The van der Waals surface area contributed by atoms with E-state index in [2.05, 4.69) is 27.4 Å². The maximum Gasteiger partial charge on any atom is 0.128 e. The van der Waals surface area contributed by atoms with Gasteiger partial charge in [-0.15, -0.1) is 0 Å². The normalized spacial score (nSPS) is 9.15. The van der Waals surface area contributed by atoms with Crippen LogP contribution in [0.15, 0.2) is 17.1 Å². The van der Waals surface area contributed by atoms with E-state index in [9.17, 15) is 0 Å². The third kappa shape index (κ3) is 2.34. The Balaban J connectivity index is 3.12. The SMILES string of the molecule is Cc1nc(N(C)C)ccc1N=C=S. The van der Waals surface area contributed by atoms with Crippen molar-refractivity contribution in [3.8, 4) is 0 Å². The second-order valence-electron chi connectivity index (χ2n) is 2.87. The number of rotatable bonds is 2. The standard InChI is InChI=1S/C9H11N3S/c1-7-8(10-6-13)4-5-9(11-7)12(2)3/h4-5H,1-3H3. The summed E-state index contributed by atoms with van der Waals surface area (Å²) in [6.45, 7) is 1.90. The number of aliphatic imine (C=N–C) groups is 1. The molecule has 0 N–H and O–H groups in total. The molecule has 0 aliphatic heterocycles. The van der Waals surface area contributed by atoms with Crippen LogP contribution in [-0.4, -0.2) is 24.2 Å². The molecule has 13 heavy (non-hydrogen) atoms. The molecule has 3 nitrogen and oxygen atoms in total. The Labute approximate surface area is 83.1 Å². The Morgan fingerprint density at radius 1 is 1.46 bits per heavy atom. The van der Waals surface area contributed by atoms with Gasteiger partial charge in [0, 0.05) is 14.1 Å². The molecule has 0 aliphatic carbocycles. The molecule has 0 unspecified atom stereocenters. The van der Waals surface area contributed by atoms with E-state index < -0.39 is 0 Å². The molecule has 0 saturated heterocycles. The molecular formula is C9H11N3S. The van der Waals surface area contributed by atoms with Crippen molar-refractivity contribution in [2.45, 2.75) is 6.92 Å². The van der Waals surface area contributed by atoms with Crippen molar-refractivity contribution in [2.24, 2.45) is 4.99 Å². The first-order valence-corrected chi connectivity index (χ1v) is 4.29. The molecule has 1 rings (SSSR count). The molecule has 1 heterocycles. The van der Waals surface area contributed by atoms with E-state index in [0.29, 0.717) is 0 Å². The van der Waals surface area contributed by atoms with Crippen LogP contribution < -0.4 is 4.90 Å². The van der Waals surface area contributed by atoms with Crippen LogP contribution in [0.5, 0.6) is 0 Å². The fourth-order valence-corrected chi connectivity index (χ4v) is 1.06. The van der Waals surface area contributed by atoms with E-state index in [-0.39, 0.29) is 0 Å². The fraction of sp³-hybridized carbons (Fsp3) is 0.333. The number of aryl methyl sites for hydroxylation is 1. The summed E-state index contributed by atoms with van der Waals surface area (Å²) in [6.07, 6.45) is 0. The summed E-state index contributed by atoms with van der Waals surface area (Å²) in [7, 11) is 3.90. The van der Waals surface area contributed by atoms with Crippen LogP contribution in [0.2, 0.25) is 0 Å². The second-order valence-corrected chi connectivity index (χ2v) is 3.05. The second kappa shape index (κ2) is 4.12. The first kappa shape index (κ1) is 9.84. The summed E-state index contributed by atoms with van der Waals surface area (Å²) in [6, 6.07) is 3.79. The molecule has 0 aromatic carbocycles. The van der Waals surface area contributed by atoms with E-state index in [4.69, 9.17) is 0 Å². The zero-order chi connectivity index (χ0) is 9.84. The Kier molecular flexibility index (Phi) is 3.12. The summed E-state index contributed by atoms with van der Waals surface area (Å²) in [5, 5.41) is 2.33. The van der Waals surface area contributed by atoms with Gasteiger partial charge in [0.15, 0.2) is 0 Å². The number of pyridine rings is 1. The third-order valence-corrected chi connectivity index (χ3v) is 1.76. The number of nitrogens with zero attached hydrogens (tertiary/aromatic N) is 3. The first-order valence-electron chi connectivity index (χ1n) is 3.88. The van der Waals surface area contributed by atoms with Gasteiger partial charge < -0.3 is 4.90 Å². The number of hydrogen-bond donors (Lipinski definition) is 0. The average molecular weight is 193 g/mol. The lowest BCUT2D eigenvalue weighted by atomic mass is 10.3. The van der Waals surface area contributed by atoms with Crippen molar-refractivity contribution in [1.29, 1.82) is 0 Å². The average Bonchev–Trinajstić information content (AvgIpc) is 2.08. The van der Waals surface area contributed by atoms with Crippen LogP contribution in [0.25, 0.3) is 0 Å². The van der Waals surface area contributed by atoms with Crippen molar-refractivity contribution >= 4 is 28.9 Å². The van der Waals surface area contributed by atoms with Gasteiger partial charge in [-0.1, -0.05) is 0 Å². The third-order valence-electron chi connectivity index (χ3n) is 1.67. The molecular weight excluding hydrogens is 182 g/mol. The Bertz CT molecular complexity index is 354. The van der Waals surface area contributed by atoms with Gasteiger partial charge in [0.1, 0.15) is 5.82 Å². The molecule has 68 valence electrons. The molecule has 1 aromatic heterocycles. The van der Waals surface area contributed by atoms with E-state index in [1.165, 1.54) is 0 Å². The Morgan fingerprint density at radius 3 is 2.62 bits per heavy atom. The summed E-state index contributed by atoms with van der Waals surface area (Å²) in [5.74, 6) is 0.917. The number of isothiocyanates is 1. The highest BCUT2D eigenvalue weighted by Gasteiger charge is 2.00. The number of anilines is 1. The van der Waals surface area contributed by atoms with Gasteiger partial charge >= 0.3 is 0 Å². The van der Waals surface area contributed by atoms with Crippen molar-refractivity contribution in [2.75, 3.05) is 19.0 Å². The van der Waals surface area contributed by atoms with Crippen molar-refractivity contribution < 1.29 is 0 Å². The van der Waals surface area contributed by atoms with Crippen LogP contribution in [0.4, 0.5) is 11.5 Å². The molecule has 1 aromatic rings. The molecule has 0 aliphatic rings. The van der Waals surface area contributed by atoms with Gasteiger partial charge in [0.2, 0.25) is 0 Å². The number of aromatic nitrogens is 1. The topological polar surface area (TPSA) is 28.5 Å². The number of hydrogen-bond acceptors (Lipinski definition) is 4. The molecule has 0 spiro atoms. The molecule has 0 bridgehead atoms. The summed E-state index contributed by atoms with van der Waals surface area (Å²) in [5.41, 5.74) is 1.64. The predicted molar refractivity (Wildman–Crippen MR) is 58.0 cm³/mol. The van der Waals surface area contributed by atoms with Crippen molar-refractivity contribution in [3.05, 3.63) is 17.8 Å². The van der Waals surface area contributed by atoms with Gasteiger partial charge in [-0.2, -0.15) is 4.99 Å². The highest BCUT2D eigenvalue weighted by atomic mass is 32.1. The van der Waals surface area contributed by atoms with Crippen LogP contribution in [0.1, 0.15) is 5.69 Å². The molecule has 0 fully saturated rings. The monoisotopic (exact) mass is 193 g/mol. The highest BCUT2D eigenvalue weighted by Crippen LogP contribution is 2.19. The number of thiocarbonyl (C=S) groups is 1. The van der Waals surface area contributed by atoms with Crippen LogP contribution >= 0.6 is 12.2 Å². The lowest BCUT2D eigenvalue weighted by molar-refractivity contribution is 1.04. The predicted octanol–water partition coefficient (Wildman–Crippen LogP) is 2.19. The maximum atomic E-state index is 4.52. The van der Waals surface area contributed by atoms with Crippen LogP contribution in [-0.2, 0) is 0 Å². The van der Waals surface area contributed by atoms with Crippen molar-refractivity contribution in [3.63, 3.8) is 0 Å². The van der Waals surface area contributed by atoms with Gasteiger partial charge in [0.25, 0.3) is 0 Å². The first-order chi connectivity index (χ1) is 6.15.